The van der Waals surface area contributed by atoms with Gasteiger partial charge in [0.2, 0.25) is 5.91 Å². The number of hydrogen-bond donors (Lipinski definition) is 0. The normalized spacial score (nSPS) is 21.7. The Balaban J connectivity index is 1.95. The molecule has 2 rings (SSSR count). The molecule has 0 radical (unpaired) electrons. The maximum atomic E-state index is 11.9. The van der Waals surface area contributed by atoms with Crippen LogP contribution >= 0.6 is 0 Å². The SMILES string of the molecule is C[C@@H]1CCCCN1C(=O)Cn1cnnn1. The molecular formula is C9H15N5O. The average Bonchev–Trinajstić information content (AvgIpc) is 2.71. The van der Waals surface area contributed by atoms with E-state index in [4.69, 9.17) is 0 Å². The third-order valence-corrected chi connectivity index (χ3v) is 2.81. The predicted octanol–water partition coefficient (Wildman–Crippen LogP) is 0.0741. The first-order valence-electron chi connectivity index (χ1n) is 5.27. The van der Waals surface area contributed by atoms with Gasteiger partial charge >= 0.3 is 0 Å². The van der Waals surface area contributed by atoms with E-state index in [-0.39, 0.29) is 12.5 Å². The first-order valence-corrected chi connectivity index (χ1v) is 5.27. The van der Waals surface area contributed by atoms with E-state index in [0.717, 1.165) is 19.4 Å². The molecule has 15 heavy (non-hydrogen) atoms. The van der Waals surface area contributed by atoms with Crippen LogP contribution in [0.1, 0.15) is 26.2 Å². The highest BCUT2D eigenvalue weighted by Gasteiger charge is 2.23. The minimum atomic E-state index is 0.106. The highest BCUT2D eigenvalue weighted by molar-refractivity contribution is 5.76. The zero-order valence-electron chi connectivity index (χ0n) is 8.83. The zero-order valence-corrected chi connectivity index (χ0v) is 8.83. The van der Waals surface area contributed by atoms with Gasteiger partial charge in [0, 0.05) is 12.6 Å². The van der Waals surface area contributed by atoms with Crippen LogP contribution in [-0.2, 0) is 11.3 Å². The van der Waals surface area contributed by atoms with E-state index in [9.17, 15) is 4.79 Å². The molecule has 6 nitrogen and oxygen atoms in total. The van der Waals surface area contributed by atoms with Crippen molar-refractivity contribution in [1.82, 2.24) is 25.1 Å². The molecule has 82 valence electrons. The van der Waals surface area contributed by atoms with Crippen LogP contribution in [0.4, 0.5) is 0 Å². The Bertz CT molecular complexity index is 323. The average molecular weight is 209 g/mol. The number of likely N-dealkylation sites (tertiary alicyclic amines) is 1. The van der Waals surface area contributed by atoms with Gasteiger partial charge in [-0.25, -0.2) is 4.68 Å². The van der Waals surface area contributed by atoms with Crippen LogP contribution in [-0.4, -0.2) is 43.6 Å². The summed E-state index contributed by atoms with van der Waals surface area (Å²) in [6, 6.07) is 0.350. The van der Waals surface area contributed by atoms with Crippen molar-refractivity contribution >= 4 is 5.91 Å². The van der Waals surface area contributed by atoms with Crippen LogP contribution in [0.25, 0.3) is 0 Å². The Labute approximate surface area is 88.2 Å². The van der Waals surface area contributed by atoms with Crippen molar-refractivity contribution in [1.29, 1.82) is 0 Å². The number of carbonyl (C=O) groups is 1. The highest BCUT2D eigenvalue weighted by Crippen LogP contribution is 2.16. The maximum absolute atomic E-state index is 11.9. The third kappa shape index (κ3) is 2.31. The molecular weight excluding hydrogens is 194 g/mol. The second-order valence-electron chi connectivity index (χ2n) is 3.94. The van der Waals surface area contributed by atoms with Crippen molar-refractivity contribution in [2.45, 2.75) is 38.8 Å². The Morgan fingerprint density at radius 2 is 2.40 bits per heavy atom. The van der Waals surface area contributed by atoms with Crippen molar-refractivity contribution < 1.29 is 4.79 Å². The Kier molecular flexibility index (Phi) is 2.94. The molecule has 1 atom stereocenters. The second-order valence-corrected chi connectivity index (χ2v) is 3.94. The summed E-state index contributed by atoms with van der Waals surface area (Å²) < 4.78 is 1.46. The van der Waals surface area contributed by atoms with Crippen LogP contribution in [0.5, 0.6) is 0 Å². The van der Waals surface area contributed by atoms with Gasteiger partial charge in [0.25, 0.3) is 0 Å². The van der Waals surface area contributed by atoms with E-state index < -0.39 is 0 Å². The Morgan fingerprint density at radius 3 is 3.07 bits per heavy atom. The number of carbonyl (C=O) groups excluding carboxylic acids is 1. The lowest BCUT2D eigenvalue weighted by atomic mass is 10.0. The maximum Gasteiger partial charge on any atom is 0.244 e. The lowest BCUT2D eigenvalue weighted by Crippen LogP contribution is -2.43. The quantitative estimate of drug-likeness (QED) is 0.691. The van der Waals surface area contributed by atoms with E-state index >= 15 is 0 Å². The second kappa shape index (κ2) is 4.37. The summed E-state index contributed by atoms with van der Waals surface area (Å²) in [5.74, 6) is 0.106. The summed E-state index contributed by atoms with van der Waals surface area (Å²) in [4.78, 5) is 13.8. The topological polar surface area (TPSA) is 63.9 Å². The van der Waals surface area contributed by atoms with Gasteiger partial charge < -0.3 is 4.90 Å². The zero-order chi connectivity index (χ0) is 10.7. The standard InChI is InChI=1S/C9H15N5O/c1-8-4-2-3-5-14(8)9(15)6-13-7-10-11-12-13/h7-8H,2-6H2,1H3/t8-/m1/s1. The summed E-state index contributed by atoms with van der Waals surface area (Å²) in [6.07, 6.45) is 4.88. The monoisotopic (exact) mass is 209 g/mol. The van der Waals surface area contributed by atoms with Crippen molar-refractivity contribution in [3.63, 3.8) is 0 Å². The molecule has 1 saturated heterocycles. The molecule has 0 saturated carbocycles. The summed E-state index contributed by atoms with van der Waals surface area (Å²) in [7, 11) is 0. The molecule has 0 spiro atoms. The minimum absolute atomic E-state index is 0.106. The predicted molar refractivity (Wildman–Crippen MR) is 52.8 cm³/mol. The molecule has 0 aromatic carbocycles. The number of aromatic nitrogens is 4. The van der Waals surface area contributed by atoms with Crippen molar-refractivity contribution in [3.8, 4) is 0 Å². The Hall–Kier alpha value is -1.46. The third-order valence-electron chi connectivity index (χ3n) is 2.81. The molecule has 0 unspecified atom stereocenters. The van der Waals surface area contributed by atoms with Crippen LogP contribution in [0.15, 0.2) is 6.33 Å². The molecule has 1 amide bonds. The molecule has 1 fully saturated rings. The van der Waals surface area contributed by atoms with Crippen molar-refractivity contribution in [3.05, 3.63) is 6.33 Å². The number of rotatable bonds is 2. The fourth-order valence-electron chi connectivity index (χ4n) is 1.95. The highest BCUT2D eigenvalue weighted by atomic mass is 16.2. The number of piperidine rings is 1. The lowest BCUT2D eigenvalue weighted by Gasteiger charge is -2.33. The van der Waals surface area contributed by atoms with Crippen molar-refractivity contribution in [2.75, 3.05) is 6.54 Å². The lowest BCUT2D eigenvalue weighted by molar-refractivity contribution is -0.135. The van der Waals surface area contributed by atoms with Gasteiger partial charge in [0.05, 0.1) is 0 Å². The molecule has 0 N–H and O–H groups in total. The smallest absolute Gasteiger partial charge is 0.244 e. The van der Waals surface area contributed by atoms with E-state index in [1.165, 1.54) is 17.4 Å². The van der Waals surface area contributed by atoms with Gasteiger partial charge in [-0.2, -0.15) is 0 Å². The van der Waals surface area contributed by atoms with Crippen LogP contribution in [0, 0.1) is 0 Å². The number of hydrogen-bond acceptors (Lipinski definition) is 4. The molecule has 1 aromatic heterocycles. The van der Waals surface area contributed by atoms with Crippen LogP contribution in [0.3, 0.4) is 0 Å². The minimum Gasteiger partial charge on any atom is -0.338 e. The molecule has 0 aliphatic carbocycles. The molecule has 1 aliphatic heterocycles. The van der Waals surface area contributed by atoms with Gasteiger partial charge in [0.15, 0.2) is 0 Å². The van der Waals surface area contributed by atoms with E-state index in [1.807, 2.05) is 4.90 Å². The summed E-state index contributed by atoms with van der Waals surface area (Å²) in [6.45, 7) is 3.20. The van der Waals surface area contributed by atoms with Gasteiger partial charge in [-0.05, 0) is 36.6 Å². The number of tetrazole rings is 1. The summed E-state index contributed by atoms with van der Waals surface area (Å²) >= 11 is 0. The van der Waals surface area contributed by atoms with Gasteiger partial charge in [-0.1, -0.05) is 0 Å². The fraction of sp³-hybridized carbons (Fsp3) is 0.778. The summed E-state index contributed by atoms with van der Waals surface area (Å²) in [5, 5.41) is 10.7. The van der Waals surface area contributed by atoms with Crippen LogP contribution < -0.4 is 0 Å². The molecule has 2 heterocycles. The molecule has 1 aromatic rings. The first-order chi connectivity index (χ1) is 7.27. The molecule has 0 bridgehead atoms. The van der Waals surface area contributed by atoms with E-state index in [0.29, 0.717) is 6.04 Å². The van der Waals surface area contributed by atoms with E-state index in [1.54, 1.807) is 0 Å². The van der Waals surface area contributed by atoms with Gasteiger partial charge in [0.1, 0.15) is 12.9 Å². The van der Waals surface area contributed by atoms with Gasteiger partial charge in [-0.15, -0.1) is 5.10 Å². The molecule has 1 aliphatic rings. The molecule has 6 heteroatoms. The number of nitrogens with zero attached hydrogens (tertiary/aromatic N) is 5. The first kappa shape index (κ1) is 10.1. The fourth-order valence-corrected chi connectivity index (χ4v) is 1.95. The number of amides is 1. The summed E-state index contributed by atoms with van der Waals surface area (Å²) in [5.41, 5.74) is 0. The van der Waals surface area contributed by atoms with Crippen molar-refractivity contribution in [2.24, 2.45) is 0 Å². The Morgan fingerprint density at radius 1 is 1.53 bits per heavy atom. The van der Waals surface area contributed by atoms with Crippen LogP contribution in [0.2, 0.25) is 0 Å². The van der Waals surface area contributed by atoms with E-state index in [2.05, 4.69) is 22.4 Å². The largest absolute Gasteiger partial charge is 0.338 e. The van der Waals surface area contributed by atoms with Gasteiger partial charge in [-0.3, -0.25) is 4.79 Å².